The molecule has 11 heteroatoms. The first kappa shape index (κ1) is 18.9. The molecule has 0 aliphatic heterocycles. The Morgan fingerprint density at radius 1 is 1.45 bits per heavy atom. The second-order valence-corrected chi connectivity index (χ2v) is 6.88. The number of anilines is 1. The SMILES string of the molecule is CSCON=C(C)c1ccc(Cl)cc1NS(=O)(=O)C(F)(F)F. The summed E-state index contributed by atoms with van der Waals surface area (Å²) >= 11 is 7.05. The molecule has 22 heavy (non-hydrogen) atoms. The minimum absolute atomic E-state index is 0.0708. The molecule has 0 unspecified atom stereocenters. The molecule has 0 amide bonds. The molecule has 1 rings (SSSR count). The van der Waals surface area contributed by atoms with Gasteiger partial charge in [-0.3, -0.25) is 4.72 Å². The predicted octanol–water partition coefficient (Wildman–Crippen LogP) is 3.66. The lowest BCUT2D eigenvalue weighted by atomic mass is 10.1. The summed E-state index contributed by atoms with van der Waals surface area (Å²) in [5.41, 5.74) is -5.45. The number of sulfonamides is 1. The van der Waals surface area contributed by atoms with Gasteiger partial charge in [0.1, 0.15) is 0 Å². The molecule has 124 valence electrons. The summed E-state index contributed by atoms with van der Waals surface area (Å²) in [4.78, 5) is 4.90. The molecule has 0 aliphatic rings. The van der Waals surface area contributed by atoms with Crippen molar-refractivity contribution in [3.63, 3.8) is 0 Å². The van der Waals surface area contributed by atoms with E-state index in [0.29, 0.717) is 0 Å². The van der Waals surface area contributed by atoms with E-state index in [9.17, 15) is 21.6 Å². The van der Waals surface area contributed by atoms with Crippen molar-refractivity contribution in [3.05, 3.63) is 28.8 Å². The van der Waals surface area contributed by atoms with E-state index in [1.54, 1.807) is 6.26 Å². The Balaban J connectivity index is 3.20. The summed E-state index contributed by atoms with van der Waals surface area (Å²) < 4.78 is 61.3. The maximum Gasteiger partial charge on any atom is 0.516 e. The number of hydrogen-bond donors (Lipinski definition) is 1. The number of nitrogens with one attached hydrogen (secondary N) is 1. The molecule has 0 saturated heterocycles. The normalized spacial score (nSPS) is 13.1. The van der Waals surface area contributed by atoms with E-state index < -0.39 is 15.5 Å². The Morgan fingerprint density at radius 2 is 2.09 bits per heavy atom. The van der Waals surface area contributed by atoms with Gasteiger partial charge in [-0.15, -0.1) is 11.8 Å². The van der Waals surface area contributed by atoms with E-state index in [-0.39, 0.29) is 27.9 Å². The highest BCUT2D eigenvalue weighted by Crippen LogP contribution is 2.29. The smallest absolute Gasteiger partial charge is 0.385 e. The molecule has 0 aliphatic carbocycles. The third-order valence-corrected chi connectivity index (χ3v) is 3.97. The molecular formula is C11H12ClF3N2O3S2. The van der Waals surface area contributed by atoms with Crippen LogP contribution in [0, 0.1) is 0 Å². The largest absolute Gasteiger partial charge is 0.516 e. The third kappa shape index (κ3) is 4.96. The number of alkyl halides is 3. The number of nitrogens with zero attached hydrogens (tertiary/aromatic N) is 1. The lowest BCUT2D eigenvalue weighted by Crippen LogP contribution is -2.30. The van der Waals surface area contributed by atoms with Gasteiger partial charge in [0.2, 0.25) is 0 Å². The van der Waals surface area contributed by atoms with Crippen molar-refractivity contribution >= 4 is 44.8 Å². The fourth-order valence-corrected chi connectivity index (χ4v) is 2.25. The summed E-state index contributed by atoms with van der Waals surface area (Å²) in [6.45, 7) is 1.47. The molecule has 0 spiro atoms. The third-order valence-electron chi connectivity index (χ3n) is 2.29. The number of rotatable bonds is 6. The van der Waals surface area contributed by atoms with Crippen LogP contribution in [0.1, 0.15) is 12.5 Å². The number of thioether (sulfide) groups is 1. The van der Waals surface area contributed by atoms with E-state index in [0.717, 1.165) is 6.07 Å². The van der Waals surface area contributed by atoms with Crippen LogP contribution in [0.5, 0.6) is 0 Å². The zero-order valence-corrected chi connectivity index (χ0v) is 13.8. The highest BCUT2D eigenvalue weighted by molar-refractivity contribution is 7.98. The van der Waals surface area contributed by atoms with Gasteiger partial charge in [0.15, 0.2) is 5.94 Å². The summed E-state index contributed by atoms with van der Waals surface area (Å²) in [5, 5.41) is 3.77. The molecule has 0 aromatic heterocycles. The van der Waals surface area contributed by atoms with E-state index in [4.69, 9.17) is 16.4 Å². The van der Waals surface area contributed by atoms with Crippen LogP contribution in [0.2, 0.25) is 5.02 Å². The summed E-state index contributed by atoms with van der Waals surface area (Å²) in [6.07, 6.45) is 1.77. The Labute approximate surface area is 134 Å². The van der Waals surface area contributed by atoms with Crippen molar-refractivity contribution in [2.75, 3.05) is 16.9 Å². The van der Waals surface area contributed by atoms with E-state index >= 15 is 0 Å². The fraction of sp³-hybridized carbons (Fsp3) is 0.364. The lowest BCUT2D eigenvalue weighted by Gasteiger charge is -2.14. The monoisotopic (exact) mass is 376 g/mol. The predicted molar refractivity (Wildman–Crippen MR) is 81.7 cm³/mol. The molecule has 0 radical (unpaired) electrons. The van der Waals surface area contributed by atoms with Crippen molar-refractivity contribution in [2.24, 2.45) is 5.16 Å². The van der Waals surface area contributed by atoms with Gasteiger partial charge in [0, 0.05) is 10.6 Å². The quantitative estimate of drug-likeness (QED) is 0.356. The highest BCUT2D eigenvalue weighted by Gasteiger charge is 2.46. The van der Waals surface area contributed by atoms with Gasteiger partial charge in [-0.05, 0) is 31.4 Å². The van der Waals surface area contributed by atoms with Crippen LogP contribution < -0.4 is 4.72 Å². The highest BCUT2D eigenvalue weighted by atomic mass is 35.5. The number of hydrogen-bond acceptors (Lipinski definition) is 5. The van der Waals surface area contributed by atoms with Gasteiger partial charge in [0.25, 0.3) is 0 Å². The molecule has 0 bridgehead atoms. The van der Waals surface area contributed by atoms with Gasteiger partial charge >= 0.3 is 15.5 Å². The van der Waals surface area contributed by atoms with Crippen LogP contribution in [0.4, 0.5) is 18.9 Å². The summed E-state index contributed by atoms with van der Waals surface area (Å²) in [7, 11) is -5.56. The average Bonchev–Trinajstić information content (AvgIpc) is 2.37. The molecule has 0 heterocycles. The number of oxime groups is 1. The van der Waals surface area contributed by atoms with Gasteiger partial charge in [0.05, 0.1) is 11.4 Å². The fourth-order valence-electron chi connectivity index (χ4n) is 1.34. The van der Waals surface area contributed by atoms with E-state index in [1.807, 2.05) is 0 Å². The Kier molecular flexibility index (Phi) is 6.38. The van der Waals surface area contributed by atoms with Crippen molar-refractivity contribution in [2.45, 2.75) is 12.4 Å². The van der Waals surface area contributed by atoms with Crippen LogP contribution in [0.25, 0.3) is 0 Å². The topological polar surface area (TPSA) is 67.8 Å². The van der Waals surface area contributed by atoms with E-state index in [2.05, 4.69) is 5.16 Å². The molecule has 0 saturated carbocycles. The van der Waals surface area contributed by atoms with Crippen molar-refractivity contribution in [1.29, 1.82) is 0 Å². The second-order valence-electron chi connectivity index (χ2n) is 3.95. The molecule has 0 atom stereocenters. The molecule has 1 aromatic carbocycles. The Morgan fingerprint density at radius 3 is 2.64 bits per heavy atom. The first-order valence-electron chi connectivity index (χ1n) is 5.63. The van der Waals surface area contributed by atoms with Gasteiger partial charge in [-0.2, -0.15) is 21.6 Å². The first-order valence-corrected chi connectivity index (χ1v) is 8.88. The summed E-state index contributed by atoms with van der Waals surface area (Å²) in [5.74, 6) is 0.245. The molecule has 5 nitrogen and oxygen atoms in total. The number of halogens is 4. The van der Waals surface area contributed by atoms with Crippen LogP contribution in [0.15, 0.2) is 23.4 Å². The summed E-state index contributed by atoms with van der Waals surface area (Å²) in [6, 6.07) is 3.81. The van der Waals surface area contributed by atoms with Gasteiger partial charge in [-0.1, -0.05) is 16.8 Å². The number of benzene rings is 1. The minimum atomic E-state index is -5.56. The lowest BCUT2D eigenvalue weighted by molar-refractivity contribution is -0.0429. The van der Waals surface area contributed by atoms with Crippen molar-refractivity contribution < 1.29 is 26.4 Å². The first-order chi connectivity index (χ1) is 10.1. The van der Waals surface area contributed by atoms with Gasteiger partial charge < -0.3 is 4.84 Å². The average molecular weight is 377 g/mol. The van der Waals surface area contributed by atoms with Crippen LogP contribution in [-0.2, 0) is 14.9 Å². The molecule has 1 aromatic rings. The van der Waals surface area contributed by atoms with E-state index in [1.165, 1.54) is 35.5 Å². The second kappa shape index (κ2) is 7.42. The van der Waals surface area contributed by atoms with Crippen molar-refractivity contribution in [1.82, 2.24) is 0 Å². The van der Waals surface area contributed by atoms with Gasteiger partial charge in [-0.25, -0.2) is 0 Å². The molecule has 1 N–H and O–H groups in total. The molecular weight excluding hydrogens is 365 g/mol. The Bertz CT molecular complexity index is 663. The maximum absolute atomic E-state index is 12.5. The zero-order chi connectivity index (χ0) is 17.0. The standard InChI is InChI=1S/C11H12ClF3N2O3S2/c1-7(16-20-6-21-2)9-4-3-8(12)5-10(9)17-22(18,19)11(13,14)15/h3-5,17H,6H2,1-2H3. The van der Waals surface area contributed by atoms with Crippen LogP contribution in [-0.4, -0.2) is 31.8 Å². The molecule has 0 fully saturated rings. The van der Waals surface area contributed by atoms with Crippen molar-refractivity contribution in [3.8, 4) is 0 Å². The minimum Gasteiger partial charge on any atom is -0.385 e. The maximum atomic E-state index is 12.5. The zero-order valence-electron chi connectivity index (χ0n) is 11.4. The Hall–Kier alpha value is -1.13. The van der Waals surface area contributed by atoms with Crippen LogP contribution in [0.3, 0.4) is 0 Å². The van der Waals surface area contributed by atoms with Crippen LogP contribution >= 0.6 is 23.4 Å².